The van der Waals surface area contributed by atoms with E-state index in [1.54, 1.807) is 12.1 Å². The number of anilines is 1. The molecule has 2 fully saturated rings. The first-order valence-electron chi connectivity index (χ1n) is 13.8. The van der Waals surface area contributed by atoms with Gasteiger partial charge in [0.1, 0.15) is 0 Å². The molecule has 1 heterocycles. The second-order valence-electron chi connectivity index (χ2n) is 11.6. The van der Waals surface area contributed by atoms with Crippen LogP contribution < -0.4 is 5.32 Å². The number of nitrogens with one attached hydrogen (secondary N) is 1. The summed E-state index contributed by atoms with van der Waals surface area (Å²) >= 11 is 0. The first-order chi connectivity index (χ1) is 18.4. The molecule has 38 heavy (non-hydrogen) atoms. The summed E-state index contributed by atoms with van der Waals surface area (Å²) < 4.78 is 4.77. The van der Waals surface area contributed by atoms with Crippen molar-refractivity contribution in [2.45, 2.75) is 51.0 Å². The number of piperidine rings is 1. The number of esters is 1. The molecule has 0 aromatic heterocycles. The van der Waals surface area contributed by atoms with Gasteiger partial charge >= 0.3 is 5.97 Å². The molecular formula is C33H36N2O3. The summed E-state index contributed by atoms with van der Waals surface area (Å²) in [5.41, 5.74) is 6.90. The number of rotatable bonds is 6. The maximum absolute atomic E-state index is 13.3. The average molecular weight is 509 g/mol. The number of hydrogen-bond acceptors (Lipinski definition) is 4. The van der Waals surface area contributed by atoms with Crippen molar-refractivity contribution < 1.29 is 14.3 Å². The minimum absolute atomic E-state index is 0.0764. The Balaban J connectivity index is 1.17. The first kappa shape index (κ1) is 24.9. The molecule has 196 valence electrons. The lowest BCUT2D eigenvalue weighted by molar-refractivity contribution is 0.0284. The monoisotopic (exact) mass is 508 g/mol. The topological polar surface area (TPSA) is 58.6 Å². The minimum atomic E-state index is -0.348. The highest BCUT2D eigenvalue weighted by molar-refractivity contribution is 6.04. The average Bonchev–Trinajstić information content (AvgIpc) is 3.76. The standard InChI is InChI=1S/C33H36N2O3/c1-21-30-19-26-10-11-27(18-29(26)33(21,2)16-17-35(30)20-22-4-5-22)31(36)34-28-14-12-24(13-15-28)23-6-8-25(9-7-23)32(37)38-3/h6-15,18,21-22,30H,4-5,16-17,19-20H2,1-3H3,(H,34,36)/t21-,30?,33-/m0/s1. The summed E-state index contributed by atoms with van der Waals surface area (Å²) in [4.78, 5) is 27.7. The van der Waals surface area contributed by atoms with Crippen molar-refractivity contribution in [3.8, 4) is 11.1 Å². The number of ether oxygens (including phenoxy) is 1. The largest absolute Gasteiger partial charge is 0.465 e. The highest BCUT2D eigenvalue weighted by Gasteiger charge is 2.49. The summed E-state index contributed by atoms with van der Waals surface area (Å²) in [7, 11) is 1.38. The van der Waals surface area contributed by atoms with E-state index in [4.69, 9.17) is 4.74 Å². The summed E-state index contributed by atoms with van der Waals surface area (Å²) in [6.45, 7) is 7.26. The molecule has 3 aromatic carbocycles. The zero-order valence-corrected chi connectivity index (χ0v) is 22.5. The number of likely N-dealkylation sites (tertiary alicyclic amines) is 1. The van der Waals surface area contributed by atoms with E-state index in [-0.39, 0.29) is 17.3 Å². The molecule has 0 spiro atoms. The van der Waals surface area contributed by atoms with Crippen molar-refractivity contribution in [2.75, 3.05) is 25.5 Å². The number of carbonyl (C=O) groups is 2. The minimum Gasteiger partial charge on any atom is -0.465 e. The predicted molar refractivity (Wildman–Crippen MR) is 151 cm³/mol. The van der Waals surface area contributed by atoms with E-state index in [1.807, 2.05) is 42.5 Å². The molecule has 6 rings (SSSR count). The molecule has 2 aliphatic carbocycles. The van der Waals surface area contributed by atoms with Crippen LogP contribution in [0, 0.1) is 11.8 Å². The van der Waals surface area contributed by atoms with Crippen molar-refractivity contribution in [2.24, 2.45) is 11.8 Å². The SMILES string of the molecule is COC(=O)c1ccc(-c2ccc(NC(=O)c3ccc4c(c3)[C@@]3(C)CCN(CC5CC5)C(C4)[C@@H]3C)cc2)cc1. The summed E-state index contributed by atoms with van der Waals surface area (Å²) in [5.74, 6) is 1.07. The van der Waals surface area contributed by atoms with Crippen LogP contribution in [0.3, 0.4) is 0 Å². The van der Waals surface area contributed by atoms with E-state index in [2.05, 4.69) is 36.2 Å². The maximum atomic E-state index is 13.3. The van der Waals surface area contributed by atoms with Crippen LogP contribution in [-0.2, 0) is 16.6 Å². The van der Waals surface area contributed by atoms with E-state index in [9.17, 15) is 9.59 Å². The number of methoxy groups -OCH3 is 1. The third kappa shape index (κ3) is 4.54. The molecule has 3 aliphatic rings. The number of nitrogens with zero attached hydrogens (tertiary/aromatic N) is 1. The van der Waals surface area contributed by atoms with Crippen LogP contribution in [0.4, 0.5) is 5.69 Å². The molecule has 2 bridgehead atoms. The van der Waals surface area contributed by atoms with Crippen LogP contribution in [0.2, 0.25) is 0 Å². The Morgan fingerprint density at radius 2 is 1.63 bits per heavy atom. The molecule has 3 atom stereocenters. The molecule has 1 N–H and O–H groups in total. The van der Waals surface area contributed by atoms with Crippen molar-refractivity contribution in [1.29, 1.82) is 0 Å². The lowest BCUT2D eigenvalue weighted by atomic mass is 9.59. The van der Waals surface area contributed by atoms with Gasteiger partial charge in [-0.1, -0.05) is 44.2 Å². The Morgan fingerprint density at radius 3 is 2.29 bits per heavy atom. The Hall–Kier alpha value is -3.44. The fourth-order valence-corrected chi connectivity index (χ4v) is 6.57. The maximum Gasteiger partial charge on any atom is 0.337 e. The van der Waals surface area contributed by atoms with Gasteiger partial charge in [-0.15, -0.1) is 0 Å². The zero-order valence-electron chi connectivity index (χ0n) is 22.5. The molecule has 1 amide bonds. The van der Waals surface area contributed by atoms with Gasteiger partial charge in [-0.3, -0.25) is 9.69 Å². The van der Waals surface area contributed by atoms with Gasteiger partial charge in [0.05, 0.1) is 12.7 Å². The lowest BCUT2D eigenvalue weighted by Gasteiger charge is -2.55. The second-order valence-corrected chi connectivity index (χ2v) is 11.6. The summed E-state index contributed by atoms with van der Waals surface area (Å²) in [5, 5.41) is 3.08. The van der Waals surface area contributed by atoms with Crippen LogP contribution in [0.1, 0.15) is 65.0 Å². The highest BCUT2D eigenvalue weighted by Crippen LogP contribution is 2.49. The van der Waals surface area contributed by atoms with E-state index in [0.717, 1.165) is 47.7 Å². The molecule has 5 nitrogen and oxygen atoms in total. The van der Waals surface area contributed by atoms with Crippen LogP contribution >= 0.6 is 0 Å². The van der Waals surface area contributed by atoms with Gasteiger partial charge in [-0.25, -0.2) is 4.79 Å². The van der Waals surface area contributed by atoms with E-state index < -0.39 is 0 Å². The van der Waals surface area contributed by atoms with Gasteiger partial charge in [0.2, 0.25) is 0 Å². The number of carbonyl (C=O) groups excluding carboxylic acids is 2. The quantitative estimate of drug-likeness (QED) is 0.396. The van der Waals surface area contributed by atoms with Gasteiger partial charge in [-0.2, -0.15) is 0 Å². The van der Waals surface area contributed by atoms with Crippen molar-refractivity contribution in [3.05, 3.63) is 89.0 Å². The van der Waals surface area contributed by atoms with Crippen molar-refractivity contribution in [1.82, 2.24) is 4.90 Å². The molecular weight excluding hydrogens is 472 g/mol. The van der Waals surface area contributed by atoms with Gasteiger partial charge in [-0.05, 0) is 108 Å². The third-order valence-corrected chi connectivity index (χ3v) is 9.36. The predicted octanol–water partition coefficient (Wildman–Crippen LogP) is 6.33. The van der Waals surface area contributed by atoms with Crippen molar-refractivity contribution in [3.63, 3.8) is 0 Å². The summed E-state index contributed by atoms with van der Waals surface area (Å²) in [6.07, 6.45) is 5.04. The summed E-state index contributed by atoms with van der Waals surface area (Å²) in [6, 6.07) is 22.1. The van der Waals surface area contributed by atoms with Crippen LogP contribution in [0.5, 0.6) is 0 Å². The Bertz CT molecular complexity index is 1360. The normalized spacial score (nSPS) is 24.4. The molecule has 5 heteroatoms. The second kappa shape index (κ2) is 9.70. The van der Waals surface area contributed by atoms with Crippen LogP contribution in [-0.4, -0.2) is 43.0 Å². The van der Waals surface area contributed by atoms with E-state index >= 15 is 0 Å². The zero-order chi connectivity index (χ0) is 26.4. The van der Waals surface area contributed by atoms with Crippen LogP contribution in [0.15, 0.2) is 66.7 Å². The lowest BCUT2D eigenvalue weighted by Crippen LogP contribution is -2.58. The molecule has 3 aromatic rings. The van der Waals surface area contributed by atoms with Gasteiger partial charge in [0.15, 0.2) is 0 Å². The van der Waals surface area contributed by atoms with Gasteiger partial charge < -0.3 is 10.1 Å². The van der Waals surface area contributed by atoms with E-state index in [0.29, 0.717) is 17.5 Å². The molecule has 1 saturated heterocycles. The Kier molecular flexibility index (Phi) is 6.35. The van der Waals surface area contributed by atoms with Gasteiger partial charge in [0.25, 0.3) is 5.91 Å². The fourth-order valence-electron chi connectivity index (χ4n) is 6.57. The number of amides is 1. The molecule has 1 aliphatic heterocycles. The Labute approximate surface area is 225 Å². The van der Waals surface area contributed by atoms with E-state index in [1.165, 1.54) is 37.6 Å². The highest BCUT2D eigenvalue weighted by atomic mass is 16.5. The molecule has 1 saturated carbocycles. The first-order valence-corrected chi connectivity index (χ1v) is 13.8. The molecule has 0 radical (unpaired) electrons. The van der Waals surface area contributed by atoms with Gasteiger partial charge in [0, 0.05) is 23.8 Å². The third-order valence-electron chi connectivity index (χ3n) is 9.36. The van der Waals surface area contributed by atoms with Crippen LogP contribution in [0.25, 0.3) is 11.1 Å². The number of benzene rings is 3. The smallest absolute Gasteiger partial charge is 0.337 e. The van der Waals surface area contributed by atoms with Crippen molar-refractivity contribution >= 4 is 17.6 Å². The number of hydrogen-bond donors (Lipinski definition) is 1. The Morgan fingerprint density at radius 1 is 0.974 bits per heavy atom. The number of fused-ring (bicyclic) bond motifs is 4. The fraction of sp³-hybridized carbons (Fsp3) is 0.394. The molecule has 1 unspecified atom stereocenters.